The summed E-state index contributed by atoms with van der Waals surface area (Å²) in [7, 11) is 0. The zero-order valence-corrected chi connectivity index (χ0v) is 24.0. The van der Waals surface area contributed by atoms with Crippen LogP contribution in [0.2, 0.25) is 0 Å². The molecule has 3 fully saturated rings. The lowest BCUT2D eigenvalue weighted by atomic mass is 9.60. The maximum absolute atomic E-state index is 10.6. The van der Waals surface area contributed by atoms with E-state index in [9.17, 15) is 25.5 Å². The second-order valence-corrected chi connectivity index (χ2v) is 13.9. The molecular formula is C32H54O5. The van der Waals surface area contributed by atoms with Crippen LogP contribution >= 0.6 is 0 Å². The first-order valence-corrected chi connectivity index (χ1v) is 14.7. The summed E-state index contributed by atoms with van der Waals surface area (Å²) < 4.78 is 0. The molecule has 5 unspecified atom stereocenters. The van der Waals surface area contributed by atoms with Crippen LogP contribution in [-0.4, -0.2) is 55.0 Å². The predicted molar refractivity (Wildman–Crippen MR) is 150 cm³/mol. The quantitative estimate of drug-likeness (QED) is 0.259. The van der Waals surface area contributed by atoms with Crippen LogP contribution in [0, 0.1) is 23.2 Å². The first-order chi connectivity index (χ1) is 17.1. The van der Waals surface area contributed by atoms with Crippen molar-refractivity contribution in [3.63, 3.8) is 0 Å². The Balaban J connectivity index is 1.79. The average Bonchev–Trinajstić information content (AvgIpc) is 3.13. The largest absolute Gasteiger partial charge is 0.393 e. The molecule has 3 saturated carbocycles. The summed E-state index contributed by atoms with van der Waals surface area (Å²) in [4.78, 5) is 0. The molecule has 5 heteroatoms. The standard InChI is InChI=1S/C32H54O5/c1-21-24(19-25(33)20-28(21)34)12-11-22-10-8-18-32(6)26(22)14-15-27(32)23(9-7-17-30(2,3)36)13-16-29(35)31(4,5)37/h11-12,23,25-29,33-37H,1,7-10,13-20H2,2-6H3/b22-11+,24-12-/t23?,25?,26?,27?,28-,29?,32-/m0/s1. The molecule has 0 heterocycles. The Kier molecular flexibility index (Phi) is 9.94. The van der Waals surface area contributed by atoms with Crippen LogP contribution in [0.25, 0.3) is 0 Å². The molecule has 0 aromatic rings. The van der Waals surface area contributed by atoms with Gasteiger partial charge < -0.3 is 25.5 Å². The predicted octanol–water partition coefficient (Wildman–Crippen LogP) is 5.60. The number of hydrogen-bond acceptors (Lipinski definition) is 5. The fraction of sp³-hybridized carbons (Fsp3) is 0.812. The van der Waals surface area contributed by atoms with Crippen LogP contribution in [0.4, 0.5) is 0 Å². The second kappa shape index (κ2) is 12.0. The highest BCUT2D eigenvalue weighted by Gasteiger charge is 2.51. The molecule has 0 aliphatic heterocycles. The van der Waals surface area contributed by atoms with Gasteiger partial charge in [0.25, 0.3) is 0 Å². The van der Waals surface area contributed by atoms with Crippen molar-refractivity contribution in [2.24, 2.45) is 23.2 Å². The van der Waals surface area contributed by atoms with Crippen molar-refractivity contribution < 1.29 is 25.5 Å². The fourth-order valence-corrected chi connectivity index (χ4v) is 7.59. The van der Waals surface area contributed by atoms with Crippen molar-refractivity contribution >= 4 is 0 Å². The van der Waals surface area contributed by atoms with E-state index in [1.165, 1.54) is 24.8 Å². The van der Waals surface area contributed by atoms with E-state index in [4.69, 9.17) is 0 Å². The SMILES string of the molecule is C=C1/C(=C\C=C2/CCC[C@@]3(C)C2CCC3C(CCCC(C)(C)O)CCC(O)C(C)(C)O)CC(O)C[C@@H]1O. The Morgan fingerprint density at radius 2 is 1.76 bits per heavy atom. The maximum atomic E-state index is 10.6. The van der Waals surface area contributed by atoms with E-state index in [1.54, 1.807) is 13.8 Å². The number of allylic oxidation sites excluding steroid dienone is 3. The third-order valence-electron chi connectivity index (χ3n) is 9.86. The van der Waals surface area contributed by atoms with Gasteiger partial charge in [-0.25, -0.2) is 0 Å². The van der Waals surface area contributed by atoms with Crippen molar-refractivity contribution in [2.75, 3.05) is 0 Å². The third-order valence-corrected chi connectivity index (χ3v) is 9.86. The maximum Gasteiger partial charge on any atom is 0.0849 e. The summed E-state index contributed by atoms with van der Waals surface area (Å²) in [6, 6.07) is 0. The first kappa shape index (κ1) is 30.6. The van der Waals surface area contributed by atoms with E-state index in [0.717, 1.165) is 49.7 Å². The van der Waals surface area contributed by atoms with Gasteiger partial charge >= 0.3 is 0 Å². The first-order valence-electron chi connectivity index (χ1n) is 14.7. The monoisotopic (exact) mass is 518 g/mol. The average molecular weight is 519 g/mol. The minimum absolute atomic E-state index is 0.199. The Hall–Kier alpha value is -0.980. The minimum atomic E-state index is -1.10. The fourth-order valence-electron chi connectivity index (χ4n) is 7.59. The molecule has 0 amide bonds. The second-order valence-electron chi connectivity index (χ2n) is 13.9. The highest BCUT2D eigenvalue weighted by molar-refractivity contribution is 5.38. The zero-order chi connectivity index (χ0) is 27.6. The van der Waals surface area contributed by atoms with Crippen molar-refractivity contribution in [3.8, 4) is 0 Å². The molecule has 7 atom stereocenters. The van der Waals surface area contributed by atoms with Crippen LogP contribution in [0.5, 0.6) is 0 Å². The van der Waals surface area contributed by atoms with E-state index in [1.807, 2.05) is 13.8 Å². The van der Waals surface area contributed by atoms with Gasteiger partial charge in [-0.15, -0.1) is 0 Å². The van der Waals surface area contributed by atoms with E-state index >= 15 is 0 Å². The Bertz CT molecular complexity index is 844. The summed E-state index contributed by atoms with van der Waals surface area (Å²) >= 11 is 0. The van der Waals surface area contributed by atoms with Gasteiger partial charge in [0.1, 0.15) is 0 Å². The molecular weight excluding hydrogens is 464 g/mol. The van der Waals surface area contributed by atoms with Crippen molar-refractivity contribution in [2.45, 2.75) is 141 Å². The topological polar surface area (TPSA) is 101 Å². The summed E-state index contributed by atoms with van der Waals surface area (Å²) in [5.41, 5.74) is 1.62. The van der Waals surface area contributed by atoms with E-state index in [2.05, 4.69) is 25.7 Å². The molecule has 3 rings (SSSR count). The Morgan fingerprint density at radius 1 is 1.05 bits per heavy atom. The molecule has 0 saturated heterocycles. The summed E-state index contributed by atoms with van der Waals surface area (Å²) in [5.74, 6) is 1.53. The van der Waals surface area contributed by atoms with Crippen LogP contribution in [0.1, 0.15) is 112 Å². The van der Waals surface area contributed by atoms with Gasteiger partial charge in [0, 0.05) is 6.42 Å². The number of hydrogen-bond donors (Lipinski definition) is 5. The third kappa shape index (κ3) is 7.79. The number of fused-ring (bicyclic) bond motifs is 1. The molecule has 3 aliphatic carbocycles. The van der Waals surface area contributed by atoms with Crippen molar-refractivity contribution in [3.05, 3.63) is 35.5 Å². The Morgan fingerprint density at radius 3 is 2.41 bits per heavy atom. The highest BCUT2D eigenvalue weighted by atomic mass is 16.3. The molecule has 0 aromatic carbocycles. The van der Waals surface area contributed by atoms with Crippen LogP contribution in [0.3, 0.4) is 0 Å². The van der Waals surface area contributed by atoms with Gasteiger partial charge in [0.15, 0.2) is 0 Å². The highest BCUT2D eigenvalue weighted by Crippen LogP contribution is 2.60. The molecule has 0 bridgehead atoms. The van der Waals surface area contributed by atoms with E-state index < -0.39 is 29.5 Å². The minimum Gasteiger partial charge on any atom is -0.393 e. The lowest BCUT2D eigenvalue weighted by molar-refractivity contribution is -0.0563. The number of aliphatic hydroxyl groups is 5. The molecule has 212 valence electrons. The van der Waals surface area contributed by atoms with Gasteiger partial charge in [-0.3, -0.25) is 0 Å². The van der Waals surface area contributed by atoms with Gasteiger partial charge in [0.05, 0.1) is 29.5 Å². The van der Waals surface area contributed by atoms with Crippen molar-refractivity contribution in [1.82, 2.24) is 0 Å². The molecule has 5 nitrogen and oxygen atoms in total. The molecule has 0 spiro atoms. The molecule has 0 radical (unpaired) electrons. The zero-order valence-electron chi connectivity index (χ0n) is 24.0. The van der Waals surface area contributed by atoms with Gasteiger partial charge in [-0.05, 0) is 120 Å². The molecule has 3 aliphatic rings. The van der Waals surface area contributed by atoms with Gasteiger partial charge in [0.2, 0.25) is 0 Å². The van der Waals surface area contributed by atoms with Gasteiger partial charge in [-0.1, -0.05) is 44.1 Å². The molecule has 37 heavy (non-hydrogen) atoms. The molecule has 5 N–H and O–H groups in total. The van der Waals surface area contributed by atoms with Crippen LogP contribution in [0.15, 0.2) is 35.5 Å². The normalized spacial score (nSPS) is 35.1. The van der Waals surface area contributed by atoms with Crippen molar-refractivity contribution in [1.29, 1.82) is 0 Å². The number of aliphatic hydroxyl groups excluding tert-OH is 3. The lowest BCUT2D eigenvalue weighted by Crippen LogP contribution is -2.39. The van der Waals surface area contributed by atoms with Gasteiger partial charge in [-0.2, -0.15) is 0 Å². The van der Waals surface area contributed by atoms with E-state index in [0.29, 0.717) is 37.0 Å². The van der Waals surface area contributed by atoms with E-state index in [-0.39, 0.29) is 5.41 Å². The summed E-state index contributed by atoms with van der Waals surface area (Å²) in [5, 5.41) is 51.5. The van der Waals surface area contributed by atoms with Crippen LogP contribution < -0.4 is 0 Å². The number of rotatable bonds is 10. The summed E-state index contributed by atoms with van der Waals surface area (Å²) in [6.45, 7) is 13.7. The summed E-state index contributed by atoms with van der Waals surface area (Å²) in [6.07, 6.45) is 13.4. The smallest absolute Gasteiger partial charge is 0.0849 e. The molecule has 0 aromatic heterocycles. The van der Waals surface area contributed by atoms with Crippen LogP contribution in [-0.2, 0) is 0 Å². The Labute approximate surface area is 225 Å². The lowest BCUT2D eigenvalue weighted by Gasteiger charge is -2.45.